The lowest BCUT2D eigenvalue weighted by atomic mass is 9.94. The molecular formula is C23H31FN3O10P. The Morgan fingerprint density at radius 2 is 1.92 bits per heavy atom. The molecule has 0 bridgehead atoms. The first-order chi connectivity index (χ1) is 17.7. The van der Waals surface area contributed by atoms with Crippen LogP contribution < -0.4 is 20.9 Å². The quantitative estimate of drug-likeness (QED) is 0.231. The smallest absolute Gasteiger partial charge is 0.459 e. The Morgan fingerprint density at radius 3 is 2.53 bits per heavy atom. The molecule has 0 amide bonds. The number of halogens is 1. The molecule has 3 rings (SSSR count). The van der Waals surface area contributed by atoms with Crippen LogP contribution in [0.2, 0.25) is 0 Å². The largest absolute Gasteiger partial charge is 0.462 e. The number of esters is 1. The van der Waals surface area contributed by atoms with Crippen molar-refractivity contribution < 1.29 is 42.5 Å². The minimum absolute atomic E-state index is 0.125. The summed E-state index contributed by atoms with van der Waals surface area (Å²) in [5.41, 5.74) is -4.03. The molecule has 1 aromatic carbocycles. The zero-order valence-corrected chi connectivity index (χ0v) is 22.1. The van der Waals surface area contributed by atoms with E-state index in [1.807, 2.05) is 4.98 Å². The number of para-hydroxylation sites is 1. The van der Waals surface area contributed by atoms with Crippen LogP contribution in [0.25, 0.3) is 0 Å². The van der Waals surface area contributed by atoms with Crippen LogP contribution in [0.15, 0.2) is 52.2 Å². The summed E-state index contributed by atoms with van der Waals surface area (Å²) < 4.78 is 51.2. The maximum Gasteiger partial charge on any atom is 0.459 e. The summed E-state index contributed by atoms with van der Waals surface area (Å²) in [6.45, 7) is 5.02. The van der Waals surface area contributed by atoms with Gasteiger partial charge in [0.05, 0.1) is 12.7 Å². The van der Waals surface area contributed by atoms with Gasteiger partial charge in [0.2, 0.25) is 5.85 Å². The Hall–Kier alpha value is -2.87. The summed E-state index contributed by atoms with van der Waals surface area (Å²) in [6, 6.07) is 7.70. The number of ether oxygens (including phenoxy) is 2. The molecule has 1 aromatic heterocycles. The Kier molecular flexibility index (Phi) is 8.97. The van der Waals surface area contributed by atoms with Gasteiger partial charge in [0, 0.05) is 18.7 Å². The van der Waals surface area contributed by atoms with E-state index in [2.05, 4.69) is 5.09 Å². The molecular weight excluding hydrogens is 528 g/mol. The summed E-state index contributed by atoms with van der Waals surface area (Å²) >= 11 is 0. The highest BCUT2D eigenvalue weighted by Gasteiger charge is 2.62. The van der Waals surface area contributed by atoms with E-state index >= 15 is 4.39 Å². The minimum Gasteiger partial charge on any atom is -0.462 e. The average molecular weight is 559 g/mol. The molecule has 13 nitrogen and oxygen atoms in total. The molecule has 2 heterocycles. The van der Waals surface area contributed by atoms with Crippen molar-refractivity contribution in [2.75, 3.05) is 6.61 Å². The molecule has 38 heavy (non-hydrogen) atoms. The molecule has 1 fully saturated rings. The molecule has 210 valence electrons. The van der Waals surface area contributed by atoms with Crippen molar-refractivity contribution in [2.24, 2.45) is 0 Å². The van der Waals surface area contributed by atoms with E-state index in [4.69, 9.17) is 18.5 Å². The maximum atomic E-state index is 15.8. The number of H-pyrrole nitrogens is 1. The van der Waals surface area contributed by atoms with Gasteiger partial charge in [-0.3, -0.25) is 23.7 Å². The third-order valence-corrected chi connectivity index (χ3v) is 7.28. The highest BCUT2D eigenvalue weighted by molar-refractivity contribution is 7.52. The van der Waals surface area contributed by atoms with Gasteiger partial charge in [-0.05, 0) is 39.8 Å². The number of aromatic amines is 1. The van der Waals surface area contributed by atoms with Crippen molar-refractivity contribution >= 4 is 13.7 Å². The zero-order valence-electron chi connectivity index (χ0n) is 21.2. The number of nitrogens with zero attached hydrogens (tertiary/aromatic N) is 1. The summed E-state index contributed by atoms with van der Waals surface area (Å²) in [5.74, 6) is -3.58. The number of benzene rings is 1. The Morgan fingerprint density at radius 1 is 1.26 bits per heavy atom. The topological polar surface area (TPSA) is 178 Å². The van der Waals surface area contributed by atoms with Gasteiger partial charge >= 0.3 is 19.4 Å². The molecule has 0 saturated carbocycles. The number of carbonyl (C=O) groups is 1. The lowest BCUT2D eigenvalue weighted by molar-refractivity contribution is -0.194. The number of rotatable bonds is 11. The van der Waals surface area contributed by atoms with Gasteiger partial charge in [0.1, 0.15) is 23.5 Å². The van der Waals surface area contributed by atoms with Gasteiger partial charge in [0.25, 0.3) is 5.56 Å². The van der Waals surface area contributed by atoms with Crippen molar-refractivity contribution in [2.45, 2.75) is 70.0 Å². The normalized spacial score (nSPS) is 27.6. The number of alkyl halides is 1. The third-order valence-electron chi connectivity index (χ3n) is 5.60. The fourth-order valence-corrected chi connectivity index (χ4v) is 5.22. The van der Waals surface area contributed by atoms with Crippen molar-refractivity contribution in [1.29, 1.82) is 0 Å². The number of aromatic nitrogens is 2. The van der Waals surface area contributed by atoms with Gasteiger partial charge in [-0.25, -0.2) is 13.8 Å². The fraction of sp³-hybridized carbons (Fsp3) is 0.522. The SMILES string of the molecule is CC(C)OC(=O)[C@H](C)NP(=O)(OCC[C@@]1(F)O[C@@H](n2ccc(=O)[nH]c2=O)[C@](C)(O)[C@@H]1O)Oc1ccccc1. The van der Waals surface area contributed by atoms with Crippen LogP contribution in [-0.2, 0) is 23.4 Å². The van der Waals surface area contributed by atoms with E-state index < -0.39 is 73.9 Å². The van der Waals surface area contributed by atoms with Crippen LogP contribution in [0.4, 0.5) is 4.39 Å². The van der Waals surface area contributed by atoms with Crippen LogP contribution in [-0.4, -0.2) is 62.0 Å². The fourth-order valence-electron chi connectivity index (χ4n) is 3.73. The summed E-state index contributed by atoms with van der Waals surface area (Å²) in [4.78, 5) is 37.7. The molecule has 2 aromatic rings. The van der Waals surface area contributed by atoms with Gasteiger partial charge in [-0.1, -0.05) is 18.2 Å². The number of hydrogen-bond acceptors (Lipinski definition) is 10. The number of nitrogens with one attached hydrogen (secondary N) is 2. The number of hydrogen-bond donors (Lipinski definition) is 4. The van der Waals surface area contributed by atoms with Crippen LogP contribution in [0.3, 0.4) is 0 Å². The van der Waals surface area contributed by atoms with Crippen LogP contribution in [0.1, 0.15) is 40.3 Å². The molecule has 15 heteroatoms. The predicted molar refractivity (Wildman–Crippen MR) is 131 cm³/mol. The van der Waals surface area contributed by atoms with Crippen LogP contribution >= 0.6 is 7.75 Å². The summed E-state index contributed by atoms with van der Waals surface area (Å²) in [7, 11) is -4.33. The molecule has 1 aliphatic rings. The second kappa shape index (κ2) is 11.5. The molecule has 0 radical (unpaired) electrons. The zero-order chi connectivity index (χ0) is 28.3. The van der Waals surface area contributed by atoms with E-state index in [1.165, 1.54) is 19.1 Å². The lowest BCUT2D eigenvalue weighted by Gasteiger charge is -2.28. The van der Waals surface area contributed by atoms with E-state index in [0.29, 0.717) is 0 Å². The van der Waals surface area contributed by atoms with E-state index in [-0.39, 0.29) is 5.75 Å². The van der Waals surface area contributed by atoms with Gasteiger partial charge in [-0.15, -0.1) is 0 Å². The molecule has 6 atom stereocenters. The third kappa shape index (κ3) is 6.76. The standard InChI is InChI=1S/C23H31FN3O10P/c1-14(2)35-18(29)15(3)26-38(33,37-16-8-6-5-7-9-16)34-13-11-23(24)19(30)22(4,32)20(36-23)27-12-10-17(28)25-21(27)31/h5-10,12,14-15,19-20,30,32H,11,13H2,1-4H3,(H,26,33)(H,25,28,31)/t15-,19-,20+,22+,23+,38?/m0/s1. The second-order valence-electron chi connectivity index (χ2n) is 9.22. The molecule has 0 spiro atoms. The monoisotopic (exact) mass is 559 g/mol. The number of aliphatic hydroxyl groups excluding tert-OH is 1. The van der Waals surface area contributed by atoms with E-state index in [1.54, 1.807) is 32.0 Å². The van der Waals surface area contributed by atoms with E-state index in [9.17, 15) is 29.2 Å². The predicted octanol–water partition coefficient (Wildman–Crippen LogP) is 1.37. The maximum absolute atomic E-state index is 15.8. The molecule has 1 saturated heterocycles. The highest BCUT2D eigenvalue weighted by atomic mass is 31.2. The van der Waals surface area contributed by atoms with Crippen molar-refractivity contribution in [3.8, 4) is 5.75 Å². The first-order valence-corrected chi connectivity index (χ1v) is 13.3. The minimum atomic E-state index is -4.33. The van der Waals surface area contributed by atoms with Crippen LogP contribution in [0.5, 0.6) is 5.75 Å². The number of carbonyl (C=O) groups excluding carboxylic acids is 1. The Labute approximate surface area is 217 Å². The Bertz CT molecular complexity index is 1280. The lowest BCUT2D eigenvalue weighted by Crippen LogP contribution is -2.49. The highest BCUT2D eigenvalue weighted by Crippen LogP contribution is 2.49. The summed E-state index contributed by atoms with van der Waals surface area (Å²) in [6.07, 6.45) is -4.12. The van der Waals surface area contributed by atoms with Gasteiger partial charge in [0.15, 0.2) is 6.23 Å². The van der Waals surface area contributed by atoms with E-state index in [0.717, 1.165) is 23.8 Å². The van der Waals surface area contributed by atoms with Gasteiger partial charge < -0.3 is 24.2 Å². The van der Waals surface area contributed by atoms with Crippen LogP contribution in [0, 0.1) is 0 Å². The Balaban J connectivity index is 1.77. The molecule has 1 unspecified atom stereocenters. The van der Waals surface area contributed by atoms with Crippen molar-refractivity contribution in [3.63, 3.8) is 0 Å². The van der Waals surface area contributed by atoms with Crippen molar-refractivity contribution in [1.82, 2.24) is 14.6 Å². The van der Waals surface area contributed by atoms with Crippen molar-refractivity contribution in [3.05, 3.63) is 63.4 Å². The average Bonchev–Trinajstić information content (AvgIpc) is 2.99. The molecule has 4 N–H and O–H groups in total. The molecule has 1 aliphatic heterocycles. The van der Waals surface area contributed by atoms with Gasteiger partial charge in [-0.2, -0.15) is 5.09 Å². The molecule has 0 aliphatic carbocycles. The number of aliphatic hydroxyl groups is 2. The first-order valence-electron chi connectivity index (χ1n) is 11.7. The summed E-state index contributed by atoms with van der Waals surface area (Å²) in [5, 5.41) is 23.8. The second-order valence-corrected chi connectivity index (χ2v) is 10.9. The first kappa shape index (κ1) is 29.7.